The molecule has 1 atom stereocenters. The van der Waals surface area contributed by atoms with E-state index in [-0.39, 0.29) is 18.1 Å². The van der Waals surface area contributed by atoms with Gasteiger partial charge in [0.25, 0.3) is 5.91 Å². The van der Waals surface area contributed by atoms with E-state index in [1.807, 2.05) is 0 Å². The standard InChI is InChI=1S/C17H17NO5/c1-2-13(16(20)12-7-4-3-5-8-12)23-15(19)11-18-17(21)14-9-6-10-22-14/h3-10,13H,2,11H2,1H3,(H,18,21)/t13-/m0/s1. The molecular formula is C17H17NO5. The number of esters is 1. The lowest BCUT2D eigenvalue weighted by Crippen LogP contribution is -2.34. The molecule has 1 aromatic carbocycles. The summed E-state index contributed by atoms with van der Waals surface area (Å²) in [6, 6.07) is 11.7. The third-order valence-electron chi connectivity index (χ3n) is 3.13. The topological polar surface area (TPSA) is 85.6 Å². The Balaban J connectivity index is 1.87. The quantitative estimate of drug-likeness (QED) is 0.625. The third-order valence-corrected chi connectivity index (χ3v) is 3.13. The Morgan fingerprint density at radius 2 is 1.87 bits per heavy atom. The molecule has 0 spiro atoms. The van der Waals surface area contributed by atoms with E-state index in [2.05, 4.69) is 5.32 Å². The molecular weight excluding hydrogens is 298 g/mol. The van der Waals surface area contributed by atoms with Crippen LogP contribution in [0.4, 0.5) is 0 Å². The predicted molar refractivity (Wildman–Crippen MR) is 82.0 cm³/mol. The fourth-order valence-corrected chi connectivity index (χ4v) is 1.96. The number of nitrogens with one attached hydrogen (secondary N) is 1. The van der Waals surface area contributed by atoms with Crippen molar-refractivity contribution >= 4 is 17.7 Å². The maximum Gasteiger partial charge on any atom is 0.326 e. The fraction of sp³-hybridized carbons (Fsp3) is 0.235. The molecule has 120 valence electrons. The zero-order valence-corrected chi connectivity index (χ0v) is 12.7. The zero-order valence-electron chi connectivity index (χ0n) is 12.7. The van der Waals surface area contributed by atoms with Crippen LogP contribution < -0.4 is 5.32 Å². The number of ketones is 1. The highest BCUT2D eigenvalue weighted by atomic mass is 16.5. The number of hydrogen-bond donors (Lipinski definition) is 1. The van der Waals surface area contributed by atoms with Crippen LogP contribution in [-0.4, -0.2) is 30.3 Å². The van der Waals surface area contributed by atoms with Gasteiger partial charge < -0.3 is 14.5 Å². The Labute approximate surface area is 133 Å². The average molecular weight is 315 g/mol. The molecule has 2 aromatic rings. The first kappa shape index (κ1) is 16.5. The second-order valence-electron chi connectivity index (χ2n) is 4.78. The summed E-state index contributed by atoms with van der Waals surface area (Å²) in [7, 11) is 0. The highest BCUT2D eigenvalue weighted by Gasteiger charge is 2.22. The summed E-state index contributed by atoms with van der Waals surface area (Å²) < 4.78 is 10.1. The van der Waals surface area contributed by atoms with Crippen molar-refractivity contribution in [1.29, 1.82) is 0 Å². The van der Waals surface area contributed by atoms with Gasteiger partial charge in [0, 0.05) is 5.56 Å². The summed E-state index contributed by atoms with van der Waals surface area (Å²) in [6.45, 7) is 1.41. The minimum atomic E-state index is -0.870. The second kappa shape index (κ2) is 7.93. The average Bonchev–Trinajstić information content (AvgIpc) is 3.12. The molecule has 0 saturated carbocycles. The first-order chi connectivity index (χ1) is 11.1. The van der Waals surface area contributed by atoms with Gasteiger partial charge in [-0.05, 0) is 18.6 Å². The molecule has 2 rings (SSSR count). The molecule has 0 saturated heterocycles. The van der Waals surface area contributed by atoms with E-state index in [0.29, 0.717) is 12.0 Å². The van der Waals surface area contributed by atoms with Gasteiger partial charge in [0.2, 0.25) is 5.78 Å². The molecule has 6 heteroatoms. The number of benzene rings is 1. The van der Waals surface area contributed by atoms with Crippen LogP contribution >= 0.6 is 0 Å². The minimum Gasteiger partial charge on any atom is -0.459 e. The Bertz CT molecular complexity index is 664. The number of furan rings is 1. The predicted octanol–water partition coefficient (Wildman–Crippen LogP) is 2.21. The third kappa shape index (κ3) is 4.54. The summed E-state index contributed by atoms with van der Waals surface area (Å²) in [4.78, 5) is 35.7. The molecule has 0 aliphatic heterocycles. The van der Waals surface area contributed by atoms with E-state index in [4.69, 9.17) is 9.15 Å². The molecule has 0 aliphatic rings. The van der Waals surface area contributed by atoms with Crippen LogP contribution in [0.1, 0.15) is 34.3 Å². The van der Waals surface area contributed by atoms with Crippen molar-refractivity contribution in [1.82, 2.24) is 5.32 Å². The molecule has 6 nitrogen and oxygen atoms in total. The molecule has 0 aliphatic carbocycles. The monoisotopic (exact) mass is 315 g/mol. The summed E-state index contributed by atoms with van der Waals surface area (Å²) in [5, 5.41) is 2.37. The van der Waals surface area contributed by atoms with E-state index in [1.165, 1.54) is 12.3 Å². The molecule has 1 heterocycles. The van der Waals surface area contributed by atoms with E-state index < -0.39 is 18.0 Å². The van der Waals surface area contributed by atoms with Crippen LogP contribution in [0.2, 0.25) is 0 Å². The smallest absolute Gasteiger partial charge is 0.326 e. The number of hydrogen-bond acceptors (Lipinski definition) is 5. The minimum absolute atomic E-state index is 0.102. The van der Waals surface area contributed by atoms with Crippen molar-refractivity contribution in [3.8, 4) is 0 Å². The first-order valence-corrected chi connectivity index (χ1v) is 7.22. The van der Waals surface area contributed by atoms with Gasteiger partial charge >= 0.3 is 5.97 Å². The van der Waals surface area contributed by atoms with Gasteiger partial charge in [-0.15, -0.1) is 0 Å². The molecule has 0 unspecified atom stereocenters. The lowest BCUT2D eigenvalue weighted by atomic mass is 10.0. The van der Waals surface area contributed by atoms with Crippen molar-refractivity contribution in [3.05, 3.63) is 60.1 Å². The Hall–Kier alpha value is -2.89. The van der Waals surface area contributed by atoms with E-state index in [9.17, 15) is 14.4 Å². The van der Waals surface area contributed by atoms with Crippen LogP contribution in [0.25, 0.3) is 0 Å². The summed E-state index contributed by atoms with van der Waals surface area (Å²) in [5.74, 6) is -1.36. The number of ether oxygens (including phenoxy) is 1. The van der Waals surface area contributed by atoms with Crippen LogP contribution in [0.15, 0.2) is 53.1 Å². The van der Waals surface area contributed by atoms with Crippen LogP contribution in [0, 0.1) is 0 Å². The van der Waals surface area contributed by atoms with Gasteiger partial charge in [0.1, 0.15) is 6.54 Å². The van der Waals surface area contributed by atoms with Gasteiger partial charge in [0.05, 0.1) is 6.26 Å². The maximum atomic E-state index is 12.3. The van der Waals surface area contributed by atoms with Crippen molar-refractivity contribution in [2.75, 3.05) is 6.54 Å². The Morgan fingerprint density at radius 3 is 2.48 bits per heavy atom. The van der Waals surface area contributed by atoms with Crippen LogP contribution in [0.3, 0.4) is 0 Å². The van der Waals surface area contributed by atoms with Crippen molar-refractivity contribution in [2.24, 2.45) is 0 Å². The Morgan fingerprint density at radius 1 is 1.13 bits per heavy atom. The molecule has 1 aromatic heterocycles. The fourth-order valence-electron chi connectivity index (χ4n) is 1.96. The van der Waals surface area contributed by atoms with Gasteiger partial charge in [-0.1, -0.05) is 37.3 Å². The number of carbonyl (C=O) groups excluding carboxylic acids is 3. The summed E-state index contributed by atoms with van der Waals surface area (Å²) in [5.41, 5.74) is 0.478. The number of Topliss-reactive ketones (excluding diaryl/α,β-unsaturated/α-hetero) is 1. The molecule has 23 heavy (non-hydrogen) atoms. The summed E-state index contributed by atoms with van der Waals surface area (Å²) >= 11 is 0. The summed E-state index contributed by atoms with van der Waals surface area (Å²) in [6.07, 6.45) is 0.843. The van der Waals surface area contributed by atoms with Gasteiger partial charge in [-0.3, -0.25) is 14.4 Å². The molecule has 0 fully saturated rings. The number of rotatable bonds is 7. The zero-order chi connectivity index (χ0) is 16.7. The first-order valence-electron chi connectivity index (χ1n) is 7.22. The largest absolute Gasteiger partial charge is 0.459 e. The van der Waals surface area contributed by atoms with Gasteiger partial charge in [-0.2, -0.15) is 0 Å². The maximum absolute atomic E-state index is 12.3. The molecule has 0 radical (unpaired) electrons. The lowest BCUT2D eigenvalue weighted by molar-refractivity contribution is -0.145. The van der Waals surface area contributed by atoms with Crippen molar-refractivity contribution in [3.63, 3.8) is 0 Å². The highest BCUT2D eigenvalue weighted by Crippen LogP contribution is 2.09. The van der Waals surface area contributed by atoms with E-state index >= 15 is 0 Å². The van der Waals surface area contributed by atoms with Crippen molar-refractivity contribution < 1.29 is 23.5 Å². The molecule has 1 amide bonds. The van der Waals surface area contributed by atoms with Crippen molar-refractivity contribution in [2.45, 2.75) is 19.4 Å². The molecule has 0 bridgehead atoms. The normalized spacial score (nSPS) is 11.5. The second-order valence-corrected chi connectivity index (χ2v) is 4.78. The van der Waals surface area contributed by atoms with Crippen LogP contribution in [0.5, 0.6) is 0 Å². The number of amides is 1. The van der Waals surface area contributed by atoms with E-state index in [1.54, 1.807) is 43.3 Å². The van der Waals surface area contributed by atoms with Gasteiger partial charge in [0.15, 0.2) is 11.9 Å². The lowest BCUT2D eigenvalue weighted by Gasteiger charge is -2.15. The van der Waals surface area contributed by atoms with Gasteiger partial charge in [-0.25, -0.2) is 0 Å². The van der Waals surface area contributed by atoms with Crippen LogP contribution in [-0.2, 0) is 9.53 Å². The van der Waals surface area contributed by atoms with E-state index in [0.717, 1.165) is 0 Å². The highest BCUT2D eigenvalue weighted by molar-refractivity contribution is 6.00. The molecule has 1 N–H and O–H groups in total. The Kier molecular flexibility index (Phi) is 5.68. The SMILES string of the molecule is CC[C@H](OC(=O)CNC(=O)c1ccco1)C(=O)c1ccccc1. The number of carbonyl (C=O) groups is 3.